The molecule has 0 saturated carbocycles. The molecule has 1 aromatic heterocycles. The highest BCUT2D eigenvalue weighted by Gasteiger charge is 2.26. The van der Waals surface area contributed by atoms with Crippen LogP contribution in [0.25, 0.3) is 6.08 Å². The molecule has 1 heterocycles. The summed E-state index contributed by atoms with van der Waals surface area (Å²) in [5.74, 6) is -1.05. The second kappa shape index (κ2) is 17.1. The van der Waals surface area contributed by atoms with Crippen molar-refractivity contribution in [3.63, 3.8) is 0 Å². The number of benzene rings is 3. The molecule has 8 nitrogen and oxygen atoms in total. The zero-order chi connectivity index (χ0) is 34.8. The standard InChI is InChI=1S/C39H41N3O5S2/c1-4-47-39(46)35-31-16-9-6-10-17-33(31)49-38(35)42-34(43)24-48-30-15-11-14-29(23-30)40-37(45)32(41-36(44)28-12-7-5-8-13-28)22-26-18-20-27(21-19-26)25(2)3/h5,7-8,11-15,18-23,25H,4,6,9-10,16-17,24H2,1-3H3,(H,40,45)(H,41,44)(H,42,43)/b32-22+. The molecule has 254 valence electrons. The summed E-state index contributed by atoms with van der Waals surface area (Å²) in [6.07, 6.45) is 6.54. The van der Waals surface area contributed by atoms with Crippen LogP contribution in [0.5, 0.6) is 0 Å². The number of carbonyl (C=O) groups excluding carboxylic acids is 4. The van der Waals surface area contributed by atoms with E-state index in [0.29, 0.717) is 27.7 Å². The number of hydrogen-bond donors (Lipinski definition) is 3. The Morgan fingerprint density at radius 3 is 2.39 bits per heavy atom. The predicted octanol–water partition coefficient (Wildman–Crippen LogP) is 8.46. The lowest BCUT2D eigenvalue weighted by Gasteiger charge is -2.13. The lowest BCUT2D eigenvalue weighted by Crippen LogP contribution is -2.30. The number of thiophene rings is 1. The maximum Gasteiger partial charge on any atom is 0.341 e. The minimum atomic E-state index is -0.485. The van der Waals surface area contributed by atoms with Crippen molar-refractivity contribution >= 4 is 63.6 Å². The Labute approximate surface area is 295 Å². The van der Waals surface area contributed by atoms with Gasteiger partial charge in [0.2, 0.25) is 5.91 Å². The Morgan fingerprint density at radius 1 is 0.898 bits per heavy atom. The van der Waals surface area contributed by atoms with Crippen LogP contribution in [0, 0.1) is 0 Å². The molecule has 0 saturated heterocycles. The molecule has 1 aliphatic rings. The second-order valence-corrected chi connectivity index (χ2v) is 14.2. The van der Waals surface area contributed by atoms with E-state index in [2.05, 4.69) is 29.8 Å². The molecule has 0 unspecified atom stereocenters. The molecule has 0 fully saturated rings. The van der Waals surface area contributed by atoms with Crippen molar-refractivity contribution in [2.75, 3.05) is 23.0 Å². The van der Waals surface area contributed by atoms with Crippen LogP contribution in [0.1, 0.15) is 88.2 Å². The summed E-state index contributed by atoms with van der Waals surface area (Å²) in [5.41, 5.74) is 4.47. The molecular formula is C39H41N3O5S2. The summed E-state index contributed by atoms with van der Waals surface area (Å²) in [4.78, 5) is 54.5. The number of ether oxygens (including phenoxy) is 1. The van der Waals surface area contributed by atoms with Crippen LogP contribution in [0.2, 0.25) is 0 Å². The monoisotopic (exact) mass is 695 g/mol. The topological polar surface area (TPSA) is 114 Å². The molecule has 0 spiro atoms. The SMILES string of the molecule is CCOC(=O)c1c(NC(=O)CSc2cccc(NC(=O)/C(=C\c3ccc(C(C)C)cc3)NC(=O)c3ccccc3)c2)sc2c1CCCCC2. The van der Waals surface area contributed by atoms with Crippen LogP contribution >= 0.6 is 23.1 Å². The smallest absolute Gasteiger partial charge is 0.341 e. The van der Waals surface area contributed by atoms with Crippen LogP contribution in [0.3, 0.4) is 0 Å². The molecule has 3 aromatic carbocycles. The summed E-state index contributed by atoms with van der Waals surface area (Å²) in [7, 11) is 0. The van der Waals surface area contributed by atoms with E-state index >= 15 is 0 Å². The van der Waals surface area contributed by atoms with E-state index < -0.39 is 17.8 Å². The molecule has 0 radical (unpaired) electrons. The van der Waals surface area contributed by atoms with Gasteiger partial charge in [-0.05, 0) is 91.6 Å². The van der Waals surface area contributed by atoms with E-state index in [1.165, 1.54) is 28.7 Å². The van der Waals surface area contributed by atoms with Gasteiger partial charge in [0.15, 0.2) is 0 Å². The lowest BCUT2D eigenvalue weighted by atomic mass is 10.0. The van der Waals surface area contributed by atoms with Gasteiger partial charge in [0.1, 0.15) is 10.7 Å². The molecule has 0 aliphatic heterocycles. The van der Waals surface area contributed by atoms with Crippen LogP contribution < -0.4 is 16.0 Å². The Kier molecular flexibility index (Phi) is 12.5. The van der Waals surface area contributed by atoms with Crippen LogP contribution in [-0.4, -0.2) is 36.1 Å². The van der Waals surface area contributed by atoms with Crippen LogP contribution in [-0.2, 0) is 27.2 Å². The number of nitrogens with one attached hydrogen (secondary N) is 3. The van der Waals surface area contributed by atoms with Gasteiger partial charge in [-0.2, -0.15) is 0 Å². The number of rotatable bonds is 12. The highest BCUT2D eigenvalue weighted by Crippen LogP contribution is 2.38. The molecule has 5 rings (SSSR count). The number of fused-ring (bicyclic) bond motifs is 1. The van der Waals surface area contributed by atoms with E-state index in [-0.39, 0.29) is 24.0 Å². The van der Waals surface area contributed by atoms with Crippen molar-refractivity contribution in [3.05, 3.63) is 117 Å². The average molecular weight is 696 g/mol. The van der Waals surface area contributed by atoms with E-state index in [1.807, 2.05) is 36.4 Å². The summed E-state index contributed by atoms with van der Waals surface area (Å²) >= 11 is 2.79. The van der Waals surface area contributed by atoms with Crippen molar-refractivity contribution in [1.82, 2.24) is 5.32 Å². The van der Waals surface area contributed by atoms with Crippen molar-refractivity contribution in [2.24, 2.45) is 0 Å². The third-order valence-corrected chi connectivity index (χ3v) is 10.3. The minimum absolute atomic E-state index is 0.0929. The van der Waals surface area contributed by atoms with Gasteiger partial charge in [-0.15, -0.1) is 23.1 Å². The Hall–Kier alpha value is -4.67. The molecule has 3 N–H and O–H groups in total. The minimum Gasteiger partial charge on any atom is -0.462 e. The van der Waals surface area contributed by atoms with Gasteiger partial charge in [-0.3, -0.25) is 14.4 Å². The van der Waals surface area contributed by atoms with E-state index in [1.54, 1.807) is 55.5 Å². The molecule has 0 atom stereocenters. The fourth-order valence-corrected chi connectivity index (χ4v) is 7.56. The van der Waals surface area contributed by atoms with E-state index in [0.717, 1.165) is 53.0 Å². The van der Waals surface area contributed by atoms with Gasteiger partial charge < -0.3 is 20.7 Å². The maximum absolute atomic E-state index is 13.6. The van der Waals surface area contributed by atoms with Gasteiger partial charge in [-0.25, -0.2) is 4.79 Å². The lowest BCUT2D eigenvalue weighted by molar-refractivity contribution is -0.114. The quantitative estimate of drug-likeness (QED) is 0.0593. The largest absolute Gasteiger partial charge is 0.462 e. The van der Waals surface area contributed by atoms with Crippen molar-refractivity contribution in [2.45, 2.75) is 63.7 Å². The highest BCUT2D eigenvalue weighted by atomic mass is 32.2. The number of amides is 3. The third kappa shape index (κ3) is 9.70. The molecule has 4 aromatic rings. The van der Waals surface area contributed by atoms with Gasteiger partial charge >= 0.3 is 5.97 Å². The van der Waals surface area contributed by atoms with Gasteiger partial charge in [-0.1, -0.05) is 68.8 Å². The molecular weight excluding hydrogens is 655 g/mol. The first-order valence-electron chi connectivity index (χ1n) is 16.6. The van der Waals surface area contributed by atoms with Crippen LogP contribution in [0.4, 0.5) is 10.7 Å². The van der Waals surface area contributed by atoms with Gasteiger partial charge in [0.25, 0.3) is 11.8 Å². The first kappa shape index (κ1) is 35.6. The predicted molar refractivity (Wildman–Crippen MR) is 198 cm³/mol. The zero-order valence-electron chi connectivity index (χ0n) is 28.0. The first-order chi connectivity index (χ1) is 23.7. The van der Waals surface area contributed by atoms with Crippen molar-refractivity contribution in [1.29, 1.82) is 0 Å². The van der Waals surface area contributed by atoms with Gasteiger partial charge in [0.05, 0.1) is 17.9 Å². The number of thioether (sulfide) groups is 1. The number of carbonyl (C=O) groups is 4. The fraction of sp³-hybridized carbons (Fsp3) is 0.282. The highest BCUT2D eigenvalue weighted by molar-refractivity contribution is 8.00. The maximum atomic E-state index is 13.6. The summed E-state index contributed by atoms with van der Waals surface area (Å²) in [6.45, 7) is 6.27. The molecule has 0 bridgehead atoms. The number of esters is 1. The number of anilines is 2. The summed E-state index contributed by atoms with van der Waals surface area (Å²) < 4.78 is 5.35. The zero-order valence-corrected chi connectivity index (χ0v) is 29.6. The normalized spacial score (nSPS) is 12.9. The van der Waals surface area contributed by atoms with Crippen molar-refractivity contribution < 1.29 is 23.9 Å². The average Bonchev–Trinajstić information content (AvgIpc) is 3.27. The third-order valence-electron chi connectivity index (χ3n) is 8.06. The first-order valence-corrected chi connectivity index (χ1v) is 18.4. The van der Waals surface area contributed by atoms with E-state index in [4.69, 9.17) is 4.74 Å². The Morgan fingerprint density at radius 2 is 1.65 bits per heavy atom. The molecule has 49 heavy (non-hydrogen) atoms. The molecule has 3 amide bonds. The van der Waals surface area contributed by atoms with Crippen LogP contribution in [0.15, 0.2) is 89.5 Å². The van der Waals surface area contributed by atoms with E-state index in [9.17, 15) is 19.2 Å². The van der Waals surface area contributed by atoms with Gasteiger partial charge in [0, 0.05) is 21.0 Å². The number of aryl methyl sites for hydroxylation is 1. The number of hydrogen-bond acceptors (Lipinski definition) is 7. The molecule has 10 heteroatoms. The fourth-order valence-electron chi connectivity index (χ4n) is 5.51. The molecule has 1 aliphatic carbocycles. The Balaban J connectivity index is 1.27. The summed E-state index contributed by atoms with van der Waals surface area (Å²) in [5, 5.41) is 9.19. The second-order valence-electron chi connectivity index (χ2n) is 12.0. The Bertz CT molecular complexity index is 1830. The summed E-state index contributed by atoms with van der Waals surface area (Å²) in [6, 6.07) is 23.8. The van der Waals surface area contributed by atoms with Crippen molar-refractivity contribution in [3.8, 4) is 0 Å².